The first-order valence-corrected chi connectivity index (χ1v) is 8.89. The van der Waals surface area contributed by atoms with Crippen LogP contribution in [-0.4, -0.2) is 36.8 Å². The first kappa shape index (κ1) is 21.4. The molecular weight excluding hydrogens is 376 g/mol. The van der Waals surface area contributed by atoms with Gasteiger partial charge in [-0.25, -0.2) is 9.59 Å². The Morgan fingerprint density at radius 1 is 0.931 bits per heavy atom. The second kappa shape index (κ2) is 10.5. The lowest BCUT2D eigenvalue weighted by Crippen LogP contribution is -2.29. The van der Waals surface area contributed by atoms with Gasteiger partial charge in [-0.15, -0.1) is 0 Å². The molecule has 2 rings (SSSR count). The summed E-state index contributed by atoms with van der Waals surface area (Å²) >= 11 is 0. The number of hydrogen-bond acceptors (Lipinski definition) is 8. The molecule has 0 spiro atoms. The minimum atomic E-state index is -0.892. The van der Waals surface area contributed by atoms with Crippen LogP contribution in [0.25, 0.3) is 0 Å². The molecule has 0 aliphatic carbocycles. The summed E-state index contributed by atoms with van der Waals surface area (Å²) < 4.78 is 9.61. The molecule has 0 unspecified atom stereocenters. The Morgan fingerprint density at radius 2 is 1.55 bits per heavy atom. The number of carbonyl (C=O) groups is 3. The zero-order chi connectivity index (χ0) is 21.2. The third-order valence-corrected chi connectivity index (χ3v) is 3.53. The second-order valence-electron chi connectivity index (χ2n) is 5.67. The van der Waals surface area contributed by atoms with Crippen LogP contribution in [-0.2, 0) is 19.1 Å². The van der Waals surface area contributed by atoms with E-state index < -0.39 is 17.7 Å². The Labute approximate surface area is 167 Å². The maximum Gasteiger partial charge on any atom is 0.366 e. The fourth-order valence-corrected chi connectivity index (χ4v) is 2.21. The molecule has 0 radical (unpaired) electrons. The molecule has 0 bridgehead atoms. The molecule has 2 aromatic carbocycles. The molecule has 9 nitrogen and oxygen atoms in total. The minimum Gasteiger partial charge on any atom is -0.461 e. The number of ether oxygens (including phenoxy) is 2. The number of nitrogens with zero attached hydrogens (tertiary/aromatic N) is 1. The van der Waals surface area contributed by atoms with E-state index in [1.165, 1.54) is 0 Å². The Hall–Kier alpha value is -3.88. The Balaban J connectivity index is 2.08. The summed E-state index contributed by atoms with van der Waals surface area (Å²) in [5, 5.41) is 6.52. The largest absolute Gasteiger partial charge is 0.461 e. The number of carbonyl (C=O) groups excluding carboxylic acids is 3. The van der Waals surface area contributed by atoms with Crippen molar-refractivity contribution in [3.8, 4) is 0 Å². The normalized spacial score (nSPS) is 9.86. The monoisotopic (exact) mass is 398 g/mol. The molecule has 9 heteroatoms. The summed E-state index contributed by atoms with van der Waals surface area (Å²) in [7, 11) is 0. The quantitative estimate of drug-likeness (QED) is 0.204. The molecule has 29 heavy (non-hydrogen) atoms. The van der Waals surface area contributed by atoms with E-state index in [-0.39, 0.29) is 19.1 Å². The number of hydrazone groups is 1. The molecule has 152 valence electrons. The lowest BCUT2D eigenvalue weighted by atomic mass is 10.2. The molecule has 0 atom stereocenters. The van der Waals surface area contributed by atoms with Gasteiger partial charge < -0.3 is 20.5 Å². The standard InChI is InChI=1S/C20H22N4O5/c1-3-28-19(26)17(20(27)29-4-2)24-23-15-10-8-13(9-11-15)18(25)22-16-7-5-6-14(21)12-16/h5-12,23H,3-4,21H2,1-2H3,(H,22,25). The Bertz CT molecular complexity index is 889. The van der Waals surface area contributed by atoms with Crippen molar-refractivity contribution in [3.63, 3.8) is 0 Å². The van der Waals surface area contributed by atoms with Gasteiger partial charge in [-0.2, -0.15) is 5.10 Å². The molecule has 0 aromatic heterocycles. The first-order chi connectivity index (χ1) is 13.9. The van der Waals surface area contributed by atoms with Crippen LogP contribution in [0.15, 0.2) is 53.6 Å². The fourth-order valence-electron chi connectivity index (χ4n) is 2.21. The van der Waals surface area contributed by atoms with E-state index in [1.54, 1.807) is 62.4 Å². The van der Waals surface area contributed by atoms with Gasteiger partial charge in [0, 0.05) is 16.9 Å². The zero-order valence-electron chi connectivity index (χ0n) is 16.1. The van der Waals surface area contributed by atoms with Gasteiger partial charge in [-0.05, 0) is 56.3 Å². The predicted octanol–water partition coefficient (Wildman–Crippen LogP) is 2.42. The van der Waals surface area contributed by atoms with Crippen molar-refractivity contribution in [2.24, 2.45) is 5.10 Å². The summed E-state index contributed by atoms with van der Waals surface area (Å²) in [5.41, 5.74) is 9.75. The number of nitrogens with two attached hydrogens (primary N) is 1. The van der Waals surface area contributed by atoms with Gasteiger partial charge in [-0.1, -0.05) is 6.07 Å². The average molecular weight is 398 g/mol. The van der Waals surface area contributed by atoms with Crippen molar-refractivity contribution in [2.45, 2.75) is 13.8 Å². The molecule has 0 aliphatic rings. The van der Waals surface area contributed by atoms with Crippen LogP contribution in [0, 0.1) is 0 Å². The summed E-state index contributed by atoms with van der Waals surface area (Å²) in [4.78, 5) is 36.0. The highest BCUT2D eigenvalue weighted by atomic mass is 16.6. The van der Waals surface area contributed by atoms with E-state index in [0.717, 1.165) is 0 Å². The zero-order valence-corrected chi connectivity index (χ0v) is 16.1. The highest BCUT2D eigenvalue weighted by Crippen LogP contribution is 2.15. The van der Waals surface area contributed by atoms with Crippen LogP contribution in [0.2, 0.25) is 0 Å². The number of rotatable bonds is 8. The summed E-state index contributed by atoms with van der Waals surface area (Å²) in [6, 6.07) is 13.1. The van der Waals surface area contributed by atoms with Crippen molar-refractivity contribution < 1.29 is 23.9 Å². The van der Waals surface area contributed by atoms with E-state index in [4.69, 9.17) is 15.2 Å². The molecule has 0 fully saturated rings. The van der Waals surface area contributed by atoms with Gasteiger partial charge in [0.15, 0.2) is 0 Å². The van der Waals surface area contributed by atoms with E-state index in [0.29, 0.717) is 22.6 Å². The molecule has 0 saturated heterocycles. The smallest absolute Gasteiger partial charge is 0.366 e. The Kier molecular flexibility index (Phi) is 7.72. The van der Waals surface area contributed by atoms with Gasteiger partial charge in [0.2, 0.25) is 0 Å². The van der Waals surface area contributed by atoms with E-state index in [2.05, 4.69) is 15.8 Å². The van der Waals surface area contributed by atoms with Gasteiger partial charge >= 0.3 is 11.9 Å². The van der Waals surface area contributed by atoms with Gasteiger partial charge in [-0.3, -0.25) is 10.2 Å². The number of esters is 2. The summed E-state index contributed by atoms with van der Waals surface area (Å²) in [6.07, 6.45) is 0. The highest BCUT2D eigenvalue weighted by Gasteiger charge is 2.23. The van der Waals surface area contributed by atoms with E-state index in [9.17, 15) is 14.4 Å². The molecule has 0 aliphatic heterocycles. The van der Waals surface area contributed by atoms with Crippen molar-refractivity contribution in [1.29, 1.82) is 0 Å². The minimum absolute atomic E-state index is 0.0914. The lowest BCUT2D eigenvalue weighted by Gasteiger charge is -2.08. The van der Waals surface area contributed by atoms with Crippen LogP contribution in [0.3, 0.4) is 0 Å². The molecule has 1 amide bonds. The number of benzene rings is 2. The van der Waals surface area contributed by atoms with E-state index >= 15 is 0 Å². The third-order valence-electron chi connectivity index (χ3n) is 3.53. The number of hydrogen-bond donors (Lipinski definition) is 3. The number of anilines is 3. The van der Waals surface area contributed by atoms with Crippen molar-refractivity contribution >= 4 is 40.6 Å². The maximum absolute atomic E-state index is 12.3. The van der Waals surface area contributed by atoms with Crippen molar-refractivity contribution in [2.75, 3.05) is 29.7 Å². The fraction of sp³-hybridized carbons (Fsp3) is 0.200. The summed E-state index contributed by atoms with van der Waals surface area (Å²) in [5.74, 6) is -2.10. The van der Waals surface area contributed by atoms with Crippen LogP contribution in [0.5, 0.6) is 0 Å². The number of amides is 1. The topological polar surface area (TPSA) is 132 Å². The Morgan fingerprint density at radius 3 is 2.10 bits per heavy atom. The second-order valence-corrected chi connectivity index (χ2v) is 5.67. The van der Waals surface area contributed by atoms with Gasteiger partial charge in [0.05, 0.1) is 18.9 Å². The van der Waals surface area contributed by atoms with Gasteiger partial charge in [0.1, 0.15) is 0 Å². The molecule has 4 N–H and O–H groups in total. The highest BCUT2D eigenvalue weighted by molar-refractivity contribution is 6.62. The molecule has 0 saturated carbocycles. The van der Waals surface area contributed by atoms with Gasteiger partial charge in [0.25, 0.3) is 11.6 Å². The molecule has 0 heterocycles. The van der Waals surface area contributed by atoms with Crippen molar-refractivity contribution in [1.82, 2.24) is 0 Å². The lowest BCUT2D eigenvalue weighted by molar-refractivity contribution is -0.140. The SMILES string of the molecule is CCOC(=O)C(=NNc1ccc(C(=O)Nc2cccc(N)c2)cc1)C(=O)OCC. The maximum atomic E-state index is 12.3. The van der Waals surface area contributed by atoms with Crippen LogP contribution in [0.1, 0.15) is 24.2 Å². The average Bonchev–Trinajstić information content (AvgIpc) is 2.69. The number of nitrogens with one attached hydrogen (secondary N) is 2. The van der Waals surface area contributed by atoms with Crippen molar-refractivity contribution in [3.05, 3.63) is 54.1 Å². The number of nitrogen functional groups attached to an aromatic ring is 1. The third kappa shape index (κ3) is 6.35. The van der Waals surface area contributed by atoms with Crippen LogP contribution >= 0.6 is 0 Å². The van der Waals surface area contributed by atoms with Crippen LogP contribution in [0.4, 0.5) is 17.1 Å². The molecular formula is C20H22N4O5. The van der Waals surface area contributed by atoms with Crippen LogP contribution < -0.4 is 16.5 Å². The molecule has 2 aromatic rings. The summed E-state index contributed by atoms with van der Waals surface area (Å²) in [6.45, 7) is 3.41. The van der Waals surface area contributed by atoms with E-state index in [1.807, 2.05) is 0 Å². The first-order valence-electron chi connectivity index (χ1n) is 8.89. The predicted molar refractivity (Wildman–Crippen MR) is 110 cm³/mol.